The third kappa shape index (κ3) is 5.11. The molecule has 0 aromatic heterocycles. The van der Waals surface area contributed by atoms with Crippen LogP contribution in [0, 0.1) is 6.92 Å². The van der Waals surface area contributed by atoms with Crippen LogP contribution in [0.2, 0.25) is 0 Å². The number of hydrogen-bond donors (Lipinski definition) is 2. The van der Waals surface area contributed by atoms with Crippen molar-refractivity contribution in [1.29, 1.82) is 0 Å². The van der Waals surface area contributed by atoms with Crippen molar-refractivity contribution in [3.63, 3.8) is 0 Å². The van der Waals surface area contributed by atoms with Crippen LogP contribution in [0.25, 0.3) is 0 Å². The molecule has 0 radical (unpaired) electrons. The fraction of sp³-hybridized carbons (Fsp3) is 0.316. The average molecular weight is 313 g/mol. The summed E-state index contributed by atoms with van der Waals surface area (Å²) >= 11 is 0. The van der Waals surface area contributed by atoms with E-state index in [2.05, 4.69) is 5.32 Å². The summed E-state index contributed by atoms with van der Waals surface area (Å²) in [6, 6.07) is 15.1. The molecular formula is C19H23NO3. The summed E-state index contributed by atoms with van der Waals surface area (Å²) in [5.74, 6) is 0.453. The molecule has 23 heavy (non-hydrogen) atoms. The van der Waals surface area contributed by atoms with Gasteiger partial charge >= 0.3 is 0 Å². The van der Waals surface area contributed by atoms with E-state index in [1.54, 1.807) is 12.1 Å². The van der Waals surface area contributed by atoms with Gasteiger partial charge in [0.2, 0.25) is 0 Å². The molecule has 0 aliphatic carbocycles. The second kappa shape index (κ2) is 8.34. The Hall–Kier alpha value is -2.33. The van der Waals surface area contributed by atoms with Crippen LogP contribution in [0.3, 0.4) is 0 Å². The van der Waals surface area contributed by atoms with Crippen LogP contribution >= 0.6 is 0 Å². The number of aryl methyl sites for hydroxylation is 1. The van der Waals surface area contributed by atoms with Gasteiger partial charge in [-0.25, -0.2) is 0 Å². The van der Waals surface area contributed by atoms with Gasteiger partial charge < -0.3 is 15.2 Å². The molecule has 0 aliphatic heterocycles. The minimum absolute atomic E-state index is 0.0262. The maximum absolute atomic E-state index is 11.8. The highest BCUT2D eigenvalue weighted by Crippen LogP contribution is 2.19. The van der Waals surface area contributed by atoms with E-state index < -0.39 is 6.10 Å². The van der Waals surface area contributed by atoms with Crippen molar-refractivity contribution < 1.29 is 14.6 Å². The summed E-state index contributed by atoms with van der Waals surface area (Å²) in [5.41, 5.74) is 3.10. The van der Waals surface area contributed by atoms with E-state index in [4.69, 9.17) is 4.74 Å². The molecule has 4 heteroatoms. The number of ether oxygens (including phenoxy) is 1. The number of carbonyl (C=O) groups excluding carboxylic acids is 1. The van der Waals surface area contributed by atoms with Crippen molar-refractivity contribution in [2.45, 2.75) is 32.9 Å². The fourth-order valence-electron chi connectivity index (χ4n) is 2.22. The van der Waals surface area contributed by atoms with E-state index in [0.29, 0.717) is 18.7 Å². The predicted octanol–water partition coefficient (Wildman–Crippen LogP) is 3.13. The monoisotopic (exact) mass is 313 g/mol. The molecule has 0 aliphatic rings. The number of aliphatic hydroxyl groups is 1. The van der Waals surface area contributed by atoms with Crippen molar-refractivity contribution in [2.24, 2.45) is 0 Å². The zero-order valence-electron chi connectivity index (χ0n) is 13.6. The average Bonchev–Trinajstić information content (AvgIpc) is 2.59. The molecule has 2 N–H and O–H groups in total. The van der Waals surface area contributed by atoms with E-state index in [1.165, 1.54) is 0 Å². The second-order valence-corrected chi connectivity index (χ2v) is 5.48. The molecule has 122 valence electrons. The van der Waals surface area contributed by atoms with Gasteiger partial charge in [0, 0.05) is 6.54 Å². The fourth-order valence-corrected chi connectivity index (χ4v) is 2.22. The van der Waals surface area contributed by atoms with E-state index >= 15 is 0 Å². The van der Waals surface area contributed by atoms with Gasteiger partial charge in [-0.05, 0) is 42.2 Å². The first-order valence-corrected chi connectivity index (χ1v) is 7.82. The highest BCUT2D eigenvalue weighted by Gasteiger charge is 2.06. The topological polar surface area (TPSA) is 58.6 Å². The normalized spacial score (nSPS) is 11.8. The van der Waals surface area contributed by atoms with Crippen molar-refractivity contribution in [3.05, 3.63) is 65.2 Å². The van der Waals surface area contributed by atoms with Gasteiger partial charge in [-0.3, -0.25) is 4.79 Å². The first-order valence-electron chi connectivity index (χ1n) is 7.82. The Morgan fingerprint density at radius 1 is 1.17 bits per heavy atom. The summed E-state index contributed by atoms with van der Waals surface area (Å²) in [7, 11) is 0. The predicted molar refractivity (Wildman–Crippen MR) is 90.2 cm³/mol. The first kappa shape index (κ1) is 17.0. The van der Waals surface area contributed by atoms with Gasteiger partial charge in [0.1, 0.15) is 5.75 Å². The van der Waals surface area contributed by atoms with Crippen molar-refractivity contribution in [1.82, 2.24) is 5.32 Å². The molecule has 0 heterocycles. The molecule has 2 rings (SSSR count). The molecule has 0 saturated carbocycles. The van der Waals surface area contributed by atoms with E-state index in [9.17, 15) is 9.90 Å². The Labute approximate surface area is 137 Å². The number of carbonyl (C=O) groups is 1. The van der Waals surface area contributed by atoms with Crippen molar-refractivity contribution in [2.75, 3.05) is 6.61 Å². The molecule has 0 spiro atoms. The lowest BCUT2D eigenvalue weighted by atomic mass is 10.1. The van der Waals surface area contributed by atoms with Crippen LogP contribution in [0.15, 0.2) is 48.5 Å². The largest absolute Gasteiger partial charge is 0.484 e. The molecule has 0 bridgehead atoms. The Bertz CT molecular complexity index is 637. The highest BCUT2D eigenvalue weighted by atomic mass is 16.5. The van der Waals surface area contributed by atoms with Crippen LogP contribution in [0.1, 0.15) is 36.1 Å². The molecule has 2 aromatic carbocycles. The molecular weight excluding hydrogens is 290 g/mol. The Balaban J connectivity index is 1.79. The van der Waals surface area contributed by atoms with Gasteiger partial charge in [0.05, 0.1) is 6.10 Å². The quantitative estimate of drug-likeness (QED) is 0.825. The summed E-state index contributed by atoms with van der Waals surface area (Å²) in [6.07, 6.45) is 0.211. The molecule has 0 saturated heterocycles. The molecule has 0 fully saturated rings. The van der Waals surface area contributed by atoms with Crippen LogP contribution in [-0.4, -0.2) is 17.6 Å². The van der Waals surface area contributed by atoms with Crippen molar-refractivity contribution in [3.8, 4) is 5.75 Å². The zero-order valence-corrected chi connectivity index (χ0v) is 13.6. The smallest absolute Gasteiger partial charge is 0.258 e. The van der Waals surface area contributed by atoms with Gasteiger partial charge in [-0.2, -0.15) is 0 Å². The summed E-state index contributed by atoms with van der Waals surface area (Å²) in [5, 5.41) is 12.6. The summed E-state index contributed by atoms with van der Waals surface area (Å²) in [4.78, 5) is 11.8. The van der Waals surface area contributed by atoms with Gasteiger partial charge in [0.25, 0.3) is 5.91 Å². The molecule has 1 amide bonds. The molecule has 2 aromatic rings. The Morgan fingerprint density at radius 3 is 2.52 bits per heavy atom. The van der Waals surface area contributed by atoms with Crippen LogP contribution in [-0.2, 0) is 11.3 Å². The third-order valence-corrected chi connectivity index (χ3v) is 3.76. The van der Waals surface area contributed by atoms with Crippen LogP contribution in [0.4, 0.5) is 0 Å². The third-order valence-electron chi connectivity index (χ3n) is 3.76. The lowest BCUT2D eigenvalue weighted by Gasteiger charge is -2.11. The van der Waals surface area contributed by atoms with E-state index in [-0.39, 0.29) is 12.5 Å². The van der Waals surface area contributed by atoms with E-state index in [0.717, 1.165) is 16.7 Å². The number of aliphatic hydroxyl groups excluding tert-OH is 1. The number of rotatable bonds is 7. The van der Waals surface area contributed by atoms with E-state index in [1.807, 2.05) is 50.2 Å². The minimum Gasteiger partial charge on any atom is -0.484 e. The minimum atomic E-state index is -0.457. The first-order chi connectivity index (χ1) is 11.1. The highest BCUT2D eigenvalue weighted by molar-refractivity contribution is 5.77. The number of benzene rings is 2. The van der Waals surface area contributed by atoms with Crippen LogP contribution < -0.4 is 10.1 Å². The molecule has 1 unspecified atom stereocenters. The summed E-state index contributed by atoms with van der Waals surface area (Å²) in [6.45, 7) is 4.41. The standard InChI is InChI=1S/C19H23NO3/c1-3-18(21)15-8-10-17(11-9-15)23-13-19(22)20-12-16-7-5-4-6-14(16)2/h4-11,18,21H,3,12-13H2,1-2H3,(H,20,22). The van der Waals surface area contributed by atoms with Gasteiger partial charge in [-0.1, -0.05) is 43.3 Å². The molecule has 1 atom stereocenters. The SMILES string of the molecule is CCC(O)c1ccc(OCC(=O)NCc2ccccc2C)cc1. The lowest BCUT2D eigenvalue weighted by molar-refractivity contribution is -0.123. The Kier molecular flexibility index (Phi) is 6.18. The maximum atomic E-state index is 11.8. The second-order valence-electron chi connectivity index (χ2n) is 5.48. The maximum Gasteiger partial charge on any atom is 0.258 e. The number of amides is 1. The lowest BCUT2D eigenvalue weighted by Crippen LogP contribution is -2.28. The van der Waals surface area contributed by atoms with Gasteiger partial charge in [-0.15, -0.1) is 0 Å². The van der Waals surface area contributed by atoms with Crippen LogP contribution in [0.5, 0.6) is 5.75 Å². The Morgan fingerprint density at radius 2 is 1.87 bits per heavy atom. The van der Waals surface area contributed by atoms with Gasteiger partial charge in [0.15, 0.2) is 6.61 Å². The number of nitrogens with one attached hydrogen (secondary N) is 1. The number of hydrogen-bond acceptors (Lipinski definition) is 3. The summed E-state index contributed by atoms with van der Waals surface area (Å²) < 4.78 is 5.46. The zero-order chi connectivity index (χ0) is 16.7. The van der Waals surface area contributed by atoms with Crippen molar-refractivity contribution >= 4 is 5.91 Å². The molecule has 4 nitrogen and oxygen atoms in total.